The molecule has 2 aromatic carbocycles. The third kappa shape index (κ3) is 3.59. The number of halogens is 1. The Morgan fingerprint density at radius 1 is 1.26 bits per heavy atom. The molecule has 0 saturated heterocycles. The van der Waals surface area contributed by atoms with Gasteiger partial charge in [-0.15, -0.1) is 0 Å². The van der Waals surface area contributed by atoms with Gasteiger partial charge < -0.3 is 10.4 Å². The van der Waals surface area contributed by atoms with Crippen LogP contribution in [0, 0.1) is 11.7 Å². The van der Waals surface area contributed by atoms with Crippen LogP contribution in [0.1, 0.15) is 30.4 Å². The Balaban J connectivity index is 1.57. The maximum absolute atomic E-state index is 13.2. The second-order valence-corrected chi connectivity index (χ2v) is 6.36. The van der Waals surface area contributed by atoms with E-state index in [4.69, 9.17) is 0 Å². The molecule has 4 heteroatoms. The molecule has 23 heavy (non-hydrogen) atoms. The highest BCUT2D eigenvalue weighted by molar-refractivity contribution is 5.83. The Kier molecular flexibility index (Phi) is 4.18. The van der Waals surface area contributed by atoms with E-state index in [9.17, 15) is 14.3 Å². The predicted molar refractivity (Wildman–Crippen MR) is 86.3 cm³/mol. The Morgan fingerprint density at radius 2 is 2.00 bits per heavy atom. The van der Waals surface area contributed by atoms with Gasteiger partial charge in [0.25, 0.3) is 0 Å². The van der Waals surface area contributed by atoms with E-state index in [1.807, 2.05) is 36.4 Å². The Morgan fingerprint density at radius 3 is 2.70 bits per heavy atom. The van der Waals surface area contributed by atoms with Gasteiger partial charge in [-0.1, -0.05) is 42.5 Å². The molecule has 3 atom stereocenters. The van der Waals surface area contributed by atoms with E-state index in [-0.39, 0.29) is 30.1 Å². The number of carbonyl (C=O) groups is 1. The molecule has 1 fully saturated rings. The molecular formula is C19H20FNO2. The van der Waals surface area contributed by atoms with Gasteiger partial charge in [0, 0.05) is 5.92 Å². The fourth-order valence-corrected chi connectivity index (χ4v) is 2.88. The van der Waals surface area contributed by atoms with E-state index >= 15 is 0 Å². The van der Waals surface area contributed by atoms with Crippen LogP contribution in [-0.4, -0.2) is 17.6 Å². The van der Waals surface area contributed by atoms with Crippen LogP contribution in [0.5, 0.6) is 0 Å². The van der Waals surface area contributed by atoms with Gasteiger partial charge in [0.15, 0.2) is 0 Å². The molecule has 0 aromatic heterocycles. The second-order valence-electron chi connectivity index (χ2n) is 6.36. The van der Waals surface area contributed by atoms with Gasteiger partial charge in [0.2, 0.25) is 5.91 Å². The zero-order chi connectivity index (χ0) is 16.4. The normalized spacial score (nSPS) is 22.2. The molecule has 1 amide bonds. The number of rotatable bonds is 5. The van der Waals surface area contributed by atoms with Gasteiger partial charge in [-0.3, -0.25) is 4.79 Å². The van der Waals surface area contributed by atoms with Gasteiger partial charge in [0.05, 0.1) is 6.54 Å². The van der Waals surface area contributed by atoms with Crippen molar-refractivity contribution in [1.82, 2.24) is 5.32 Å². The van der Waals surface area contributed by atoms with Crippen LogP contribution < -0.4 is 5.32 Å². The molecule has 3 rings (SSSR count). The van der Waals surface area contributed by atoms with Crippen molar-refractivity contribution in [2.75, 3.05) is 6.54 Å². The maximum Gasteiger partial charge on any atom is 0.223 e. The molecule has 0 aliphatic heterocycles. The smallest absolute Gasteiger partial charge is 0.223 e. The quantitative estimate of drug-likeness (QED) is 0.891. The standard InChI is InChI=1S/C19H20FNO2/c1-19(23,14-7-3-2-4-8-14)12-21-18(22)17-11-16(17)13-6-5-9-15(20)10-13/h2-10,16-17,23H,11-12H2,1H3,(H,21,22). The minimum Gasteiger partial charge on any atom is -0.384 e. The summed E-state index contributed by atoms with van der Waals surface area (Å²) in [5.41, 5.74) is 0.512. The summed E-state index contributed by atoms with van der Waals surface area (Å²) >= 11 is 0. The van der Waals surface area contributed by atoms with Crippen LogP contribution in [-0.2, 0) is 10.4 Å². The van der Waals surface area contributed by atoms with Gasteiger partial charge in [0.1, 0.15) is 11.4 Å². The monoisotopic (exact) mass is 313 g/mol. The topological polar surface area (TPSA) is 49.3 Å². The van der Waals surface area contributed by atoms with E-state index in [1.165, 1.54) is 12.1 Å². The van der Waals surface area contributed by atoms with Crippen LogP contribution in [0.3, 0.4) is 0 Å². The van der Waals surface area contributed by atoms with Crippen molar-refractivity contribution < 1.29 is 14.3 Å². The number of amides is 1. The molecule has 2 N–H and O–H groups in total. The van der Waals surface area contributed by atoms with Crippen LogP contribution >= 0.6 is 0 Å². The van der Waals surface area contributed by atoms with Gasteiger partial charge in [-0.2, -0.15) is 0 Å². The Hall–Kier alpha value is -2.20. The first-order valence-electron chi connectivity index (χ1n) is 7.78. The first-order chi connectivity index (χ1) is 11.0. The van der Waals surface area contributed by atoms with E-state index in [0.29, 0.717) is 0 Å². The highest BCUT2D eigenvalue weighted by Gasteiger charge is 2.44. The minimum atomic E-state index is -1.11. The number of benzene rings is 2. The molecule has 0 spiro atoms. The van der Waals surface area contributed by atoms with Gasteiger partial charge in [-0.05, 0) is 42.5 Å². The van der Waals surface area contributed by atoms with Crippen molar-refractivity contribution in [2.45, 2.75) is 24.9 Å². The number of hydrogen-bond acceptors (Lipinski definition) is 2. The predicted octanol–water partition coefficient (Wildman–Crippen LogP) is 2.95. The first-order valence-corrected chi connectivity index (χ1v) is 7.78. The molecule has 0 radical (unpaired) electrons. The van der Waals surface area contributed by atoms with Crippen molar-refractivity contribution in [1.29, 1.82) is 0 Å². The number of aliphatic hydroxyl groups is 1. The fourth-order valence-electron chi connectivity index (χ4n) is 2.88. The molecule has 1 aliphatic rings. The average Bonchev–Trinajstić information content (AvgIpc) is 3.34. The maximum atomic E-state index is 13.2. The fraction of sp³-hybridized carbons (Fsp3) is 0.316. The van der Waals surface area contributed by atoms with Crippen molar-refractivity contribution in [3.8, 4) is 0 Å². The SMILES string of the molecule is CC(O)(CNC(=O)C1CC1c1cccc(F)c1)c1ccccc1. The molecule has 3 nitrogen and oxygen atoms in total. The number of hydrogen-bond donors (Lipinski definition) is 2. The van der Waals surface area contributed by atoms with E-state index in [1.54, 1.807) is 13.0 Å². The summed E-state index contributed by atoms with van der Waals surface area (Å²) in [6, 6.07) is 15.7. The molecule has 1 saturated carbocycles. The highest BCUT2D eigenvalue weighted by Crippen LogP contribution is 2.47. The minimum absolute atomic E-state index is 0.0763. The van der Waals surface area contributed by atoms with Crippen molar-refractivity contribution >= 4 is 5.91 Å². The van der Waals surface area contributed by atoms with Gasteiger partial charge in [-0.25, -0.2) is 4.39 Å². The van der Waals surface area contributed by atoms with Crippen LogP contribution in [0.25, 0.3) is 0 Å². The summed E-state index contributed by atoms with van der Waals surface area (Å²) in [6.07, 6.45) is 0.725. The largest absolute Gasteiger partial charge is 0.384 e. The number of nitrogens with one attached hydrogen (secondary N) is 1. The lowest BCUT2D eigenvalue weighted by molar-refractivity contribution is -0.123. The summed E-state index contributed by atoms with van der Waals surface area (Å²) < 4.78 is 13.2. The zero-order valence-electron chi connectivity index (χ0n) is 13.0. The lowest BCUT2D eigenvalue weighted by atomic mass is 9.96. The Bertz CT molecular complexity index is 700. The summed E-state index contributed by atoms with van der Waals surface area (Å²) in [4.78, 5) is 12.2. The van der Waals surface area contributed by atoms with E-state index < -0.39 is 5.60 Å². The third-order valence-corrected chi connectivity index (χ3v) is 4.41. The molecule has 3 unspecified atom stereocenters. The third-order valence-electron chi connectivity index (χ3n) is 4.41. The van der Waals surface area contributed by atoms with Crippen LogP contribution in [0.2, 0.25) is 0 Å². The summed E-state index contributed by atoms with van der Waals surface area (Å²) in [5, 5.41) is 13.3. The molecule has 2 aromatic rings. The van der Waals surface area contributed by atoms with Crippen molar-refractivity contribution in [3.05, 3.63) is 71.5 Å². The zero-order valence-corrected chi connectivity index (χ0v) is 13.0. The number of carbonyl (C=O) groups excluding carboxylic acids is 1. The first kappa shape index (κ1) is 15.7. The summed E-state index contributed by atoms with van der Waals surface area (Å²) in [7, 11) is 0. The average molecular weight is 313 g/mol. The lowest BCUT2D eigenvalue weighted by Gasteiger charge is -2.24. The summed E-state index contributed by atoms with van der Waals surface area (Å²) in [6.45, 7) is 1.84. The van der Waals surface area contributed by atoms with Crippen LogP contribution in [0.15, 0.2) is 54.6 Å². The molecule has 0 heterocycles. The summed E-state index contributed by atoms with van der Waals surface area (Å²) in [5.74, 6) is -0.424. The van der Waals surface area contributed by atoms with E-state index in [0.717, 1.165) is 17.5 Å². The molecule has 120 valence electrons. The molecule has 0 bridgehead atoms. The van der Waals surface area contributed by atoms with Crippen molar-refractivity contribution in [2.24, 2.45) is 5.92 Å². The van der Waals surface area contributed by atoms with E-state index in [2.05, 4.69) is 5.32 Å². The van der Waals surface area contributed by atoms with Crippen molar-refractivity contribution in [3.63, 3.8) is 0 Å². The van der Waals surface area contributed by atoms with Gasteiger partial charge >= 0.3 is 0 Å². The molecule has 1 aliphatic carbocycles. The lowest BCUT2D eigenvalue weighted by Crippen LogP contribution is -2.39. The van der Waals surface area contributed by atoms with Crippen LogP contribution in [0.4, 0.5) is 4.39 Å². The Labute approximate surface area is 135 Å². The molecular weight excluding hydrogens is 293 g/mol. The highest BCUT2D eigenvalue weighted by atomic mass is 19.1. The second kappa shape index (κ2) is 6.13.